The Morgan fingerprint density at radius 1 is 1.23 bits per heavy atom. The van der Waals surface area contributed by atoms with Crippen LogP contribution in [0.15, 0.2) is 48.8 Å². The number of nitrogens with zero attached hydrogens (tertiary/aromatic N) is 4. The van der Waals surface area contributed by atoms with Crippen molar-refractivity contribution in [1.29, 1.82) is 0 Å². The highest BCUT2D eigenvalue weighted by Gasteiger charge is 2.12. The smallest absolute Gasteiger partial charge is 0.335 e. The lowest BCUT2D eigenvalue weighted by Crippen LogP contribution is -2.02. The van der Waals surface area contributed by atoms with Crippen molar-refractivity contribution < 1.29 is 9.90 Å². The Labute approximate surface area is 131 Å². The first-order chi connectivity index (χ1) is 10.7. The highest BCUT2D eigenvalue weighted by Crippen LogP contribution is 2.28. The molecule has 22 heavy (non-hydrogen) atoms. The van der Waals surface area contributed by atoms with Gasteiger partial charge in [0.15, 0.2) is 0 Å². The third kappa shape index (κ3) is 2.68. The average molecular weight is 315 g/mol. The molecule has 110 valence electrons. The fourth-order valence-corrected chi connectivity index (χ4v) is 2.45. The van der Waals surface area contributed by atoms with Gasteiger partial charge in [-0.1, -0.05) is 24.3 Å². The molecule has 0 saturated heterocycles. The van der Waals surface area contributed by atoms with Gasteiger partial charge in [-0.3, -0.25) is 0 Å². The van der Waals surface area contributed by atoms with Crippen LogP contribution in [-0.4, -0.2) is 31.3 Å². The topological polar surface area (TPSA) is 80.9 Å². The number of carboxylic acid groups (broad SMARTS) is 1. The summed E-state index contributed by atoms with van der Waals surface area (Å²) in [5.41, 5.74) is 3.29. The van der Waals surface area contributed by atoms with Crippen LogP contribution in [0.2, 0.25) is 0 Å². The summed E-state index contributed by atoms with van der Waals surface area (Å²) >= 11 is 5.97. The fraction of sp³-hybridized carbons (Fsp3) is 0.0667. The van der Waals surface area contributed by atoms with E-state index in [1.165, 1.54) is 17.1 Å². The van der Waals surface area contributed by atoms with Gasteiger partial charge in [0.05, 0.1) is 11.3 Å². The lowest BCUT2D eigenvalue weighted by atomic mass is 9.98. The molecule has 0 unspecified atom stereocenters. The van der Waals surface area contributed by atoms with Crippen molar-refractivity contribution in [1.82, 2.24) is 20.2 Å². The van der Waals surface area contributed by atoms with E-state index in [2.05, 4.69) is 15.5 Å². The molecule has 0 aliphatic heterocycles. The van der Waals surface area contributed by atoms with Gasteiger partial charge in [0.2, 0.25) is 0 Å². The van der Waals surface area contributed by atoms with Crippen molar-refractivity contribution in [2.24, 2.45) is 0 Å². The summed E-state index contributed by atoms with van der Waals surface area (Å²) in [4.78, 5) is 11.4. The SMILES string of the molecule is O=C(O)c1cc(-c2ccccc2CCl)cc(-n2cnnn2)c1. The molecule has 1 aromatic heterocycles. The first-order valence-electron chi connectivity index (χ1n) is 6.45. The van der Waals surface area contributed by atoms with Crippen LogP contribution in [0.4, 0.5) is 0 Å². The van der Waals surface area contributed by atoms with Crippen molar-refractivity contribution in [2.45, 2.75) is 5.88 Å². The second-order valence-corrected chi connectivity index (χ2v) is 4.89. The van der Waals surface area contributed by atoms with E-state index in [4.69, 9.17) is 11.6 Å². The first-order valence-corrected chi connectivity index (χ1v) is 6.98. The molecule has 0 amide bonds. The zero-order valence-corrected chi connectivity index (χ0v) is 12.1. The number of aromatic nitrogens is 4. The molecule has 0 saturated carbocycles. The summed E-state index contributed by atoms with van der Waals surface area (Å²) in [6, 6.07) is 12.6. The summed E-state index contributed by atoms with van der Waals surface area (Å²) < 4.78 is 1.42. The van der Waals surface area contributed by atoms with Crippen LogP contribution >= 0.6 is 11.6 Å². The number of aromatic carboxylic acids is 1. The van der Waals surface area contributed by atoms with E-state index in [1.807, 2.05) is 30.3 Å². The van der Waals surface area contributed by atoms with Crippen LogP contribution in [0, 0.1) is 0 Å². The molecule has 2 aromatic carbocycles. The average Bonchev–Trinajstić information content (AvgIpc) is 3.09. The monoisotopic (exact) mass is 314 g/mol. The Morgan fingerprint density at radius 3 is 2.73 bits per heavy atom. The number of benzene rings is 2. The van der Waals surface area contributed by atoms with Crippen molar-refractivity contribution in [3.05, 3.63) is 59.9 Å². The highest BCUT2D eigenvalue weighted by atomic mass is 35.5. The predicted octanol–water partition coefficient (Wildman–Crippen LogP) is 2.77. The quantitative estimate of drug-likeness (QED) is 0.749. The maximum atomic E-state index is 11.4. The van der Waals surface area contributed by atoms with Gasteiger partial charge in [-0.25, -0.2) is 9.48 Å². The number of rotatable bonds is 4. The van der Waals surface area contributed by atoms with E-state index in [0.717, 1.165) is 16.7 Å². The maximum absolute atomic E-state index is 11.4. The number of halogens is 1. The molecule has 3 rings (SSSR count). The van der Waals surface area contributed by atoms with Gasteiger partial charge in [0.25, 0.3) is 0 Å². The molecule has 0 bridgehead atoms. The van der Waals surface area contributed by atoms with Gasteiger partial charge >= 0.3 is 5.97 Å². The third-order valence-electron chi connectivity index (χ3n) is 3.25. The molecule has 0 atom stereocenters. The number of carboxylic acids is 1. The lowest BCUT2D eigenvalue weighted by Gasteiger charge is -2.10. The normalized spacial score (nSPS) is 10.6. The Hall–Kier alpha value is -2.73. The Morgan fingerprint density at radius 2 is 2.05 bits per heavy atom. The molecule has 0 aliphatic carbocycles. The van der Waals surface area contributed by atoms with E-state index in [0.29, 0.717) is 11.6 Å². The summed E-state index contributed by atoms with van der Waals surface area (Å²) in [6.45, 7) is 0. The molecule has 0 fully saturated rings. The van der Waals surface area contributed by atoms with Crippen LogP contribution in [-0.2, 0) is 5.88 Å². The summed E-state index contributed by atoms with van der Waals surface area (Å²) in [6.07, 6.45) is 1.41. The van der Waals surface area contributed by atoms with E-state index >= 15 is 0 Å². The van der Waals surface area contributed by atoms with Gasteiger partial charge in [-0.2, -0.15) is 0 Å². The van der Waals surface area contributed by atoms with Crippen molar-refractivity contribution in [2.75, 3.05) is 0 Å². The maximum Gasteiger partial charge on any atom is 0.335 e. The summed E-state index contributed by atoms with van der Waals surface area (Å²) in [5.74, 6) is -0.673. The van der Waals surface area contributed by atoms with E-state index in [-0.39, 0.29) is 5.56 Å². The van der Waals surface area contributed by atoms with Gasteiger partial charge in [-0.15, -0.1) is 16.7 Å². The van der Waals surface area contributed by atoms with Crippen LogP contribution < -0.4 is 0 Å². The van der Waals surface area contributed by atoms with Gasteiger partial charge < -0.3 is 5.11 Å². The lowest BCUT2D eigenvalue weighted by molar-refractivity contribution is 0.0697. The van der Waals surface area contributed by atoms with Gasteiger partial charge in [0.1, 0.15) is 6.33 Å². The number of hydrogen-bond donors (Lipinski definition) is 1. The number of carbonyl (C=O) groups is 1. The zero-order chi connectivity index (χ0) is 15.5. The minimum Gasteiger partial charge on any atom is -0.478 e. The Bertz CT molecular complexity index is 818. The molecule has 3 aromatic rings. The second kappa shape index (κ2) is 5.95. The van der Waals surface area contributed by atoms with E-state index in [1.54, 1.807) is 6.07 Å². The van der Waals surface area contributed by atoms with Crippen LogP contribution in [0.5, 0.6) is 0 Å². The highest BCUT2D eigenvalue weighted by molar-refractivity contribution is 6.17. The number of tetrazole rings is 1. The molecule has 0 aliphatic rings. The van der Waals surface area contributed by atoms with Crippen LogP contribution in [0.3, 0.4) is 0 Å². The second-order valence-electron chi connectivity index (χ2n) is 4.62. The molecule has 7 heteroatoms. The van der Waals surface area contributed by atoms with E-state index < -0.39 is 5.97 Å². The standard InChI is InChI=1S/C15H11ClN4O2/c16-8-10-3-1-2-4-14(10)11-5-12(15(21)22)7-13(6-11)20-9-17-18-19-20/h1-7,9H,8H2,(H,21,22). The van der Waals surface area contributed by atoms with Crippen molar-refractivity contribution in [3.63, 3.8) is 0 Å². The van der Waals surface area contributed by atoms with Gasteiger partial charge in [0, 0.05) is 5.88 Å². The summed E-state index contributed by atoms with van der Waals surface area (Å²) in [5, 5.41) is 20.3. The number of alkyl halides is 1. The van der Waals surface area contributed by atoms with Gasteiger partial charge in [-0.05, 0) is 45.3 Å². The minimum atomic E-state index is -1.01. The number of hydrogen-bond acceptors (Lipinski definition) is 4. The zero-order valence-electron chi connectivity index (χ0n) is 11.3. The minimum absolute atomic E-state index is 0.160. The molecular weight excluding hydrogens is 304 g/mol. The molecule has 0 spiro atoms. The first kappa shape index (κ1) is 14.2. The van der Waals surface area contributed by atoms with E-state index in [9.17, 15) is 9.90 Å². The summed E-state index contributed by atoms with van der Waals surface area (Å²) in [7, 11) is 0. The third-order valence-corrected chi connectivity index (χ3v) is 3.54. The molecule has 6 nitrogen and oxygen atoms in total. The fourth-order valence-electron chi connectivity index (χ4n) is 2.22. The van der Waals surface area contributed by atoms with Crippen molar-refractivity contribution in [3.8, 4) is 16.8 Å². The van der Waals surface area contributed by atoms with Crippen LogP contribution in [0.25, 0.3) is 16.8 Å². The van der Waals surface area contributed by atoms with Crippen LogP contribution in [0.1, 0.15) is 15.9 Å². The molecular formula is C15H11ClN4O2. The Balaban J connectivity index is 2.21. The van der Waals surface area contributed by atoms with Crippen molar-refractivity contribution >= 4 is 17.6 Å². The molecule has 1 N–H and O–H groups in total. The molecule has 1 heterocycles. The molecule has 0 radical (unpaired) electrons. The largest absolute Gasteiger partial charge is 0.478 e. The Kier molecular flexibility index (Phi) is 3.84. The predicted molar refractivity (Wildman–Crippen MR) is 81.1 cm³/mol.